The van der Waals surface area contributed by atoms with Crippen LogP contribution in [0.4, 0.5) is 0 Å². The molecule has 2 unspecified atom stereocenters. The molecule has 0 aromatic carbocycles. The Balaban J connectivity index is -0.000000179. The lowest BCUT2D eigenvalue weighted by molar-refractivity contribution is -0.122. The maximum Gasteiger partial charge on any atom is 0.219 e. The summed E-state index contributed by atoms with van der Waals surface area (Å²) < 4.78 is 0. The van der Waals surface area contributed by atoms with Gasteiger partial charge in [0.25, 0.3) is 0 Å². The van der Waals surface area contributed by atoms with Crippen molar-refractivity contribution in [1.29, 1.82) is 0 Å². The van der Waals surface area contributed by atoms with Gasteiger partial charge < -0.3 is 21.3 Å². The smallest absolute Gasteiger partial charge is 0.219 e. The highest BCUT2D eigenvalue weighted by atomic mass is 31.0. The van der Waals surface area contributed by atoms with Crippen LogP contribution in [0.3, 0.4) is 0 Å². The van der Waals surface area contributed by atoms with Crippen molar-refractivity contribution >= 4 is 41.3 Å². The van der Waals surface area contributed by atoms with Gasteiger partial charge in [0.15, 0.2) is 0 Å². The van der Waals surface area contributed by atoms with Crippen molar-refractivity contribution in [2.24, 2.45) is 11.7 Å². The highest BCUT2D eigenvalue weighted by molar-refractivity contribution is 7.40. The van der Waals surface area contributed by atoms with Crippen LogP contribution in [0.25, 0.3) is 0 Å². The number of amides is 2. The number of unbranched alkanes of at least 4 members (excludes halogenated alkanes) is 13. The summed E-state index contributed by atoms with van der Waals surface area (Å²) in [5.74, 6) is 0.440. The molecule has 0 aliphatic carbocycles. The van der Waals surface area contributed by atoms with Crippen LogP contribution < -0.4 is 11.1 Å². The summed E-state index contributed by atoms with van der Waals surface area (Å²) in [6, 6.07) is 0. The minimum absolute atomic E-state index is 0.0948. The van der Waals surface area contributed by atoms with E-state index >= 15 is 0 Å². The predicted octanol–water partition coefficient (Wildman–Crippen LogP) is 9.03. The highest BCUT2D eigenvalue weighted by Crippen LogP contribution is 2.10. The standard InChI is InChI=1S/C16H32N2O2.2C6H13OP.C5H12O.C4H10O/c1-2-3-4-5-6-7-8-9-10-13-16(20)18-14-11-12-15(17)19;1-5(2)3-4-6(7)8;1-2-3-4-5-6(7)8;1-2-3-4-5-6;1-2-3-4-5/h2-14H2,1H3,(H2,17,19)(H,18,20);5H,3-4,8H2,1-2H3;2-5,8H2,1H3;6H,2-5H2,1H3;5H,2-4H2,1H3. The van der Waals surface area contributed by atoms with E-state index in [1.54, 1.807) is 0 Å². The Bertz CT molecular complexity index is 646. The van der Waals surface area contributed by atoms with Crippen molar-refractivity contribution in [3.63, 3.8) is 0 Å². The third-order valence-electron chi connectivity index (χ3n) is 6.70. The lowest BCUT2D eigenvalue weighted by atomic mass is 10.1. The van der Waals surface area contributed by atoms with E-state index in [2.05, 4.69) is 65.3 Å². The normalized spacial score (nSPS) is 9.77. The second kappa shape index (κ2) is 51.9. The Kier molecular flexibility index (Phi) is 61.2. The van der Waals surface area contributed by atoms with Crippen molar-refractivity contribution in [3.05, 3.63) is 0 Å². The van der Waals surface area contributed by atoms with Gasteiger partial charge in [0, 0.05) is 45.4 Å². The van der Waals surface area contributed by atoms with Crippen LogP contribution in [0, 0.1) is 5.92 Å². The van der Waals surface area contributed by atoms with Gasteiger partial charge in [-0.15, -0.1) is 0 Å². The summed E-state index contributed by atoms with van der Waals surface area (Å²) in [6.07, 6.45) is 24.2. The topological polar surface area (TPSA) is 147 Å². The number of primary amides is 1. The summed E-state index contributed by atoms with van der Waals surface area (Å²) in [7, 11) is 4.37. The number of hydrogen-bond donors (Lipinski definition) is 4. The van der Waals surface area contributed by atoms with Crippen LogP contribution in [-0.2, 0) is 19.2 Å². The molecule has 284 valence electrons. The van der Waals surface area contributed by atoms with Gasteiger partial charge in [-0.05, 0) is 44.4 Å². The molecule has 0 aliphatic heterocycles. The SMILES string of the molecule is CC(C)CCC(=O)P.CCCCCC(=O)P.CCCCCCCCCCCC(=O)NCCCC(N)=O.CCCCCO.CCCCO. The number of carbonyl (C=O) groups excluding carboxylic acids is 4. The summed E-state index contributed by atoms with van der Waals surface area (Å²) in [6.45, 7) is 14.0. The van der Waals surface area contributed by atoms with Crippen LogP contribution in [0.1, 0.15) is 189 Å². The van der Waals surface area contributed by atoms with E-state index in [1.807, 2.05) is 0 Å². The van der Waals surface area contributed by atoms with Gasteiger partial charge in [0.2, 0.25) is 11.8 Å². The zero-order valence-electron chi connectivity index (χ0n) is 31.7. The Hall–Kier alpha value is -0.940. The van der Waals surface area contributed by atoms with E-state index in [9.17, 15) is 19.2 Å². The van der Waals surface area contributed by atoms with Crippen LogP contribution in [0.2, 0.25) is 0 Å². The van der Waals surface area contributed by atoms with Gasteiger partial charge in [0.1, 0.15) is 11.0 Å². The summed E-state index contributed by atoms with van der Waals surface area (Å²) >= 11 is 0. The first-order chi connectivity index (χ1) is 22.4. The molecule has 2 atom stereocenters. The molecule has 0 heterocycles. The molecule has 0 saturated carbocycles. The number of nitrogens with two attached hydrogens (primary N) is 1. The quantitative estimate of drug-likeness (QED) is 0.0520. The molecule has 0 aromatic rings. The van der Waals surface area contributed by atoms with E-state index in [1.165, 1.54) is 64.2 Å². The zero-order chi connectivity index (χ0) is 37.0. The molecule has 0 aliphatic rings. The Labute approximate surface area is 296 Å². The molecule has 0 radical (unpaired) electrons. The lowest BCUT2D eigenvalue weighted by Crippen LogP contribution is -2.25. The lowest BCUT2D eigenvalue weighted by Gasteiger charge is -2.04. The van der Waals surface area contributed by atoms with E-state index in [0.29, 0.717) is 51.4 Å². The summed E-state index contributed by atoms with van der Waals surface area (Å²) in [4.78, 5) is 42.6. The number of carbonyl (C=O) groups is 4. The molecule has 0 bridgehead atoms. The second-order valence-corrected chi connectivity index (χ2v) is 13.6. The minimum atomic E-state index is -0.307. The Morgan fingerprint density at radius 2 is 0.957 bits per heavy atom. The van der Waals surface area contributed by atoms with Crippen LogP contribution >= 0.6 is 18.5 Å². The van der Waals surface area contributed by atoms with Crippen LogP contribution in [0.5, 0.6) is 0 Å². The van der Waals surface area contributed by atoms with Gasteiger partial charge in [-0.1, -0.05) is 143 Å². The molecule has 0 rings (SSSR count). The molecule has 0 aromatic heterocycles. The van der Waals surface area contributed by atoms with E-state index in [4.69, 9.17) is 15.9 Å². The van der Waals surface area contributed by atoms with Crippen molar-refractivity contribution < 1.29 is 29.4 Å². The third kappa shape index (κ3) is 81.3. The number of aliphatic hydroxyl groups is 2. The van der Waals surface area contributed by atoms with Gasteiger partial charge >= 0.3 is 0 Å². The summed E-state index contributed by atoms with van der Waals surface area (Å²) in [5.41, 5.74) is 5.48. The molecule has 2 amide bonds. The zero-order valence-corrected chi connectivity index (χ0v) is 34.0. The van der Waals surface area contributed by atoms with Crippen molar-refractivity contribution in [2.75, 3.05) is 19.8 Å². The van der Waals surface area contributed by atoms with Crippen molar-refractivity contribution in [2.45, 2.75) is 189 Å². The molecule has 10 heteroatoms. The van der Waals surface area contributed by atoms with Crippen LogP contribution in [-0.4, -0.2) is 52.8 Å². The first-order valence-corrected chi connectivity index (χ1v) is 19.9. The van der Waals surface area contributed by atoms with Gasteiger partial charge in [-0.25, -0.2) is 0 Å². The monoisotopic (exact) mass is 711 g/mol. The fourth-order valence-corrected chi connectivity index (χ4v) is 4.05. The van der Waals surface area contributed by atoms with Crippen molar-refractivity contribution in [1.82, 2.24) is 5.32 Å². The van der Waals surface area contributed by atoms with Gasteiger partial charge in [-0.3, -0.25) is 19.2 Å². The van der Waals surface area contributed by atoms with Gasteiger partial charge in [-0.2, -0.15) is 0 Å². The summed E-state index contributed by atoms with van der Waals surface area (Å²) in [5, 5.41) is 19.1. The van der Waals surface area contributed by atoms with Gasteiger partial charge in [0.05, 0.1) is 0 Å². The number of nitrogens with one attached hydrogen (secondary N) is 1. The molecule has 8 nitrogen and oxygen atoms in total. The molecule has 0 spiro atoms. The Morgan fingerprint density at radius 1 is 0.553 bits per heavy atom. The average molecular weight is 711 g/mol. The number of hydrogen-bond acceptors (Lipinski definition) is 6. The van der Waals surface area contributed by atoms with Crippen molar-refractivity contribution in [3.8, 4) is 0 Å². The minimum Gasteiger partial charge on any atom is -0.396 e. The molecule has 47 heavy (non-hydrogen) atoms. The maximum atomic E-state index is 11.5. The number of rotatable bonds is 26. The molecular formula is C37H80N2O6P2. The molecular weight excluding hydrogens is 630 g/mol. The van der Waals surface area contributed by atoms with E-state index < -0.39 is 0 Å². The first-order valence-electron chi connectivity index (χ1n) is 18.7. The molecule has 0 saturated heterocycles. The van der Waals surface area contributed by atoms with E-state index in [0.717, 1.165) is 57.8 Å². The maximum absolute atomic E-state index is 11.5. The first kappa shape index (κ1) is 55.5. The molecule has 5 N–H and O–H groups in total. The third-order valence-corrected chi connectivity index (χ3v) is 7.28. The van der Waals surface area contributed by atoms with Crippen LogP contribution in [0.15, 0.2) is 0 Å². The number of aliphatic hydroxyl groups excluding tert-OH is 2. The second-order valence-electron chi connectivity index (χ2n) is 12.3. The Morgan fingerprint density at radius 3 is 1.30 bits per heavy atom. The largest absolute Gasteiger partial charge is 0.396 e. The average Bonchev–Trinajstić information content (AvgIpc) is 3.02. The molecule has 0 fully saturated rings. The fourth-order valence-electron chi connectivity index (χ4n) is 3.68. The predicted molar refractivity (Wildman–Crippen MR) is 210 cm³/mol. The highest BCUT2D eigenvalue weighted by Gasteiger charge is 2.01. The fraction of sp³-hybridized carbons (Fsp3) is 0.892. The van der Waals surface area contributed by atoms with E-state index in [-0.39, 0.29) is 22.9 Å².